The fraction of sp³-hybridized carbons (Fsp3) is 0.389. The first-order valence-corrected chi connectivity index (χ1v) is 8.42. The van der Waals surface area contributed by atoms with E-state index in [0.717, 1.165) is 16.8 Å². The van der Waals surface area contributed by atoms with E-state index in [-0.39, 0.29) is 11.8 Å². The van der Waals surface area contributed by atoms with Crippen LogP contribution in [0.5, 0.6) is 0 Å². The van der Waals surface area contributed by atoms with E-state index in [1.54, 1.807) is 22.6 Å². The van der Waals surface area contributed by atoms with Crippen molar-refractivity contribution >= 4 is 11.8 Å². The van der Waals surface area contributed by atoms with Gasteiger partial charge >= 0.3 is 0 Å². The zero-order valence-electron chi connectivity index (χ0n) is 14.0. The molecule has 7 heteroatoms. The lowest BCUT2D eigenvalue weighted by Gasteiger charge is -2.26. The van der Waals surface area contributed by atoms with E-state index >= 15 is 0 Å². The van der Waals surface area contributed by atoms with Crippen LogP contribution in [0.4, 0.5) is 0 Å². The normalized spacial score (nSPS) is 21.6. The standard InChI is InChI=1S/C18H20N4O3/c1-11(23)21-6-7-22-13(10-21)9-15(20-22)18(25)19-17-14-5-3-2-4-12(14)8-16(17)24/h2-5,9,16-17,24H,6-8,10H2,1H3,(H,19,25)/t16-,17+/m1/s1. The Morgan fingerprint density at radius 3 is 2.88 bits per heavy atom. The molecule has 1 aromatic carbocycles. The number of aliphatic hydroxyl groups is 1. The molecule has 2 aliphatic rings. The summed E-state index contributed by atoms with van der Waals surface area (Å²) in [6, 6.07) is 9.03. The average molecular weight is 340 g/mol. The lowest BCUT2D eigenvalue weighted by molar-refractivity contribution is -0.130. The summed E-state index contributed by atoms with van der Waals surface area (Å²) < 4.78 is 1.77. The summed E-state index contributed by atoms with van der Waals surface area (Å²) in [5.74, 6) is -0.291. The Balaban J connectivity index is 1.52. The van der Waals surface area contributed by atoms with Crippen LogP contribution in [0.25, 0.3) is 0 Å². The Bertz CT molecular complexity index is 845. The molecule has 2 heterocycles. The van der Waals surface area contributed by atoms with Crippen molar-refractivity contribution in [2.75, 3.05) is 6.54 Å². The van der Waals surface area contributed by atoms with Crippen LogP contribution in [0.2, 0.25) is 0 Å². The van der Waals surface area contributed by atoms with Gasteiger partial charge in [-0.1, -0.05) is 24.3 Å². The number of nitrogens with one attached hydrogen (secondary N) is 1. The van der Waals surface area contributed by atoms with Crippen LogP contribution >= 0.6 is 0 Å². The zero-order valence-corrected chi connectivity index (χ0v) is 14.0. The average Bonchev–Trinajstić information content (AvgIpc) is 3.15. The number of carbonyl (C=O) groups excluding carboxylic acids is 2. The quantitative estimate of drug-likeness (QED) is 0.840. The van der Waals surface area contributed by atoms with Gasteiger partial charge in [-0.2, -0.15) is 5.10 Å². The van der Waals surface area contributed by atoms with Crippen molar-refractivity contribution in [2.24, 2.45) is 0 Å². The number of hydrogen-bond donors (Lipinski definition) is 2. The molecule has 2 atom stereocenters. The highest BCUT2D eigenvalue weighted by Crippen LogP contribution is 2.31. The molecule has 0 radical (unpaired) electrons. The molecule has 2 N–H and O–H groups in total. The van der Waals surface area contributed by atoms with Gasteiger partial charge < -0.3 is 15.3 Å². The molecule has 0 bridgehead atoms. The van der Waals surface area contributed by atoms with Gasteiger partial charge in [-0.05, 0) is 17.2 Å². The van der Waals surface area contributed by atoms with Gasteiger partial charge in [-0.25, -0.2) is 0 Å². The predicted octanol–water partition coefficient (Wildman–Crippen LogP) is 0.633. The lowest BCUT2D eigenvalue weighted by atomic mass is 10.1. The van der Waals surface area contributed by atoms with E-state index in [0.29, 0.717) is 31.7 Å². The second-order valence-corrected chi connectivity index (χ2v) is 6.61. The predicted molar refractivity (Wildman–Crippen MR) is 89.7 cm³/mol. The number of hydrogen-bond acceptors (Lipinski definition) is 4. The van der Waals surface area contributed by atoms with Gasteiger partial charge in [0.05, 0.1) is 30.9 Å². The van der Waals surface area contributed by atoms with Gasteiger partial charge in [0.1, 0.15) is 0 Å². The second kappa shape index (κ2) is 6.00. The lowest BCUT2D eigenvalue weighted by Crippen LogP contribution is -2.37. The molecule has 2 aromatic rings. The minimum Gasteiger partial charge on any atom is -0.390 e. The largest absolute Gasteiger partial charge is 0.390 e. The molecular formula is C18H20N4O3. The number of carbonyl (C=O) groups is 2. The number of aromatic nitrogens is 2. The van der Waals surface area contributed by atoms with E-state index in [2.05, 4.69) is 10.4 Å². The summed E-state index contributed by atoms with van der Waals surface area (Å²) in [6.45, 7) is 3.18. The molecule has 1 aromatic heterocycles. The van der Waals surface area contributed by atoms with Crippen molar-refractivity contribution in [3.05, 3.63) is 52.8 Å². The first-order chi connectivity index (χ1) is 12.0. The maximum Gasteiger partial charge on any atom is 0.272 e. The third kappa shape index (κ3) is 2.80. The summed E-state index contributed by atoms with van der Waals surface area (Å²) in [7, 11) is 0. The molecule has 0 saturated carbocycles. The Hall–Kier alpha value is -2.67. The van der Waals surface area contributed by atoms with Gasteiger partial charge in [-0.15, -0.1) is 0 Å². The Kier molecular flexibility index (Phi) is 3.80. The van der Waals surface area contributed by atoms with Gasteiger partial charge in [0.2, 0.25) is 5.91 Å². The van der Waals surface area contributed by atoms with Crippen LogP contribution in [0.1, 0.15) is 40.3 Å². The first kappa shape index (κ1) is 15.8. The SMILES string of the molecule is CC(=O)N1CCn2nc(C(=O)N[C@H]3c4ccccc4C[C@H]3O)cc2C1. The smallest absolute Gasteiger partial charge is 0.272 e. The fourth-order valence-corrected chi connectivity index (χ4v) is 3.61. The number of fused-ring (bicyclic) bond motifs is 2. The van der Waals surface area contributed by atoms with Gasteiger partial charge in [-0.3, -0.25) is 14.3 Å². The topological polar surface area (TPSA) is 87.5 Å². The van der Waals surface area contributed by atoms with Crippen molar-refractivity contribution in [1.29, 1.82) is 0 Å². The minimum absolute atomic E-state index is 0.0177. The molecule has 1 aliphatic heterocycles. The summed E-state index contributed by atoms with van der Waals surface area (Å²) >= 11 is 0. The second-order valence-electron chi connectivity index (χ2n) is 6.61. The highest BCUT2D eigenvalue weighted by Gasteiger charge is 2.33. The summed E-state index contributed by atoms with van der Waals surface area (Å²) in [6.07, 6.45) is -0.0965. The molecule has 1 aliphatic carbocycles. The van der Waals surface area contributed by atoms with Crippen molar-refractivity contribution < 1.29 is 14.7 Å². The Labute approximate surface area is 145 Å². The number of amides is 2. The van der Waals surface area contributed by atoms with Gasteiger partial charge in [0.15, 0.2) is 5.69 Å². The van der Waals surface area contributed by atoms with E-state index < -0.39 is 12.1 Å². The number of aliphatic hydroxyl groups excluding tert-OH is 1. The Morgan fingerprint density at radius 1 is 1.28 bits per heavy atom. The van der Waals surface area contributed by atoms with E-state index in [1.165, 1.54) is 0 Å². The van der Waals surface area contributed by atoms with Crippen LogP contribution < -0.4 is 5.32 Å². The minimum atomic E-state index is -0.633. The van der Waals surface area contributed by atoms with Crippen LogP contribution in [-0.2, 0) is 24.3 Å². The van der Waals surface area contributed by atoms with Crippen LogP contribution in [0.3, 0.4) is 0 Å². The molecule has 0 spiro atoms. The number of nitrogens with zero attached hydrogens (tertiary/aromatic N) is 3. The fourth-order valence-electron chi connectivity index (χ4n) is 3.61. The van der Waals surface area contributed by atoms with E-state index in [4.69, 9.17) is 0 Å². The first-order valence-electron chi connectivity index (χ1n) is 8.42. The maximum atomic E-state index is 12.6. The summed E-state index contributed by atoms with van der Waals surface area (Å²) in [5.41, 5.74) is 3.17. The van der Waals surface area contributed by atoms with Gasteiger partial charge in [0, 0.05) is 19.9 Å². The molecule has 0 fully saturated rings. The van der Waals surface area contributed by atoms with Crippen molar-refractivity contribution in [2.45, 2.75) is 38.6 Å². The molecule has 7 nitrogen and oxygen atoms in total. The monoisotopic (exact) mass is 340 g/mol. The van der Waals surface area contributed by atoms with Gasteiger partial charge in [0.25, 0.3) is 5.91 Å². The summed E-state index contributed by atoms with van der Waals surface area (Å²) in [5, 5.41) is 17.5. The van der Waals surface area contributed by atoms with Crippen LogP contribution in [0, 0.1) is 0 Å². The third-order valence-electron chi connectivity index (χ3n) is 4.97. The third-order valence-corrected chi connectivity index (χ3v) is 4.97. The summed E-state index contributed by atoms with van der Waals surface area (Å²) in [4.78, 5) is 25.9. The van der Waals surface area contributed by atoms with E-state index in [1.807, 2.05) is 24.3 Å². The van der Waals surface area contributed by atoms with Crippen LogP contribution in [-0.4, -0.2) is 44.3 Å². The molecular weight excluding hydrogens is 320 g/mol. The zero-order chi connectivity index (χ0) is 17.6. The van der Waals surface area contributed by atoms with Crippen molar-refractivity contribution in [3.63, 3.8) is 0 Å². The molecule has 0 saturated heterocycles. The number of benzene rings is 1. The van der Waals surface area contributed by atoms with Crippen LogP contribution in [0.15, 0.2) is 30.3 Å². The molecule has 130 valence electrons. The molecule has 0 unspecified atom stereocenters. The Morgan fingerprint density at radius 2 is 2.08 bits per heavy atom. The highest BCUT2D eigenvalue weighted by molar-refractivity contribution is 5.92. The van der Waals surface area contributed by atoms with E-state index in [9.17, 15) is 14.7 Å². The van der Waals surface area contributed by atoms with Crippen molar-refractivity contribution in [1.82, 2.24) is 20.0 Å². The molecule has 2 amide bonds. The molecule has 25 heavy (non-hydrogen) atoms. The number of rotatable bonds is 2. The molecule has 4 rings (SSSR count). The maximum absolute atomic E-state index is 12.6. The highest BCUT2D eigenvalue weighted by atomic mass is 16.3. The van der Waals surface area contributed by atoms with Crippen molar-refractivity contribution in [3.8, 4) is 0 Å².